The van der Waals surface area contributed by atoms with Crippen LogP contribution >= 0.6 is 0 Å². The predicted molar refractivity (Wildman–Crippen MR) is 97.7 cm³/mol. The molecule has 0 aliphatic heterocycles. The Morgan fingerprint density at radius 2 is 1.81 bits per heavy atom. The van der Waals surface area contributed by atoms with E-state index in [4.69, 9.17) is 4.84 Å². The quantitative estimate of drug-likeness (QED) is 0.308. The standard InChI is InChI=1S/C19H20N2O5/c1-2-3-4-15(13-19(23)14-5-9-17(22)10-6-14)20-26-18-11-7-16(8-12-18)21(24)25/h5-12,22H,2-4,13H2,1H3/b20-15-. The first kappa shape index (κ1) is 19.1. The zero-order chi connectivity index (χ0) is 18.9. The third kappa shape index (κ3) is 5.70. The van der Waals surface area contributed by atoms with E-state index < -0.39 is 4.92 Å². The van der Waals surface area contributed by atoms with Gasteiger partial charge in [0.05, 0.1) is 17.1 Å². The lowest BCUT2D eigenvalue weighted by atomic mass is 10.0. The number of nitrogens with zero attached hydrogens (tertiary/aromatic N) is 2. The number of benzene rings is 2. The van der Waals surface area contributed by atoms with Gasteiger partial charge in [0.1, 0.15) is 5.75 Å². The van der Waals surface area contributed by atoms with Gasteiger partial charge in [-0.1, -0.05) is 18.5 Å². The van der Waals surface area contributed by atoms with Crippen LogP contribution in [-0.4, -0.2) is 21.5 Å². The molecule has 0 fully saturated rings. The van der Waals surface area contributed by atoms with E-state index in [0.29, 0.717) is 23.4 Å². The van der Waals surface area contributed by atoms with E-state index in [1.807, 2.05) is 6.92 Å². The summed E-state index contributed by atoms with van der Waals surface area (Å²) in [6, 6.07) is 11.6. The highest BCUT2D eigenvalue weighted by molar-refractivity contribution is 6.09. The number of carbonyl (C=O) groups is 1. The van der Waals surface area contributed by atoms with Crippen LogP contribution in [0.1, 0.15) is 43.0 Å². The van der Waals surface area contributed by atoms with E-state index in [0.717, 1.165) is 12.8 Å². The second-order valence-electron chi connectivity index (χ2n) is 5.75. The van der Waals surface area contributed by atoms with Crippen molar-refractivity contribution in [3.8, 4) is 11.5 Å². The summed E-state index contributed by atoms with van der Waals surface area (Å²) >= 11 is 0. The van der Waals surface area contributed by atoms with Crippen molar-refractivity contribution in [2.75, 3.05) is 0 Å². The Labute approximate surface area is 151 Å². The highest BCUT2D eigenvalue weighted by atomic mass is 16.6. The zero-order valence-corrected chi connectivity index (χ0v) is 14.4. The van der Waals surface area contributed by atoms with Crippen LogP contribution in [0.5, 0.6) is 11.5 Å². The fourth-order valence-electron chi connectivity index (χ4n) is 2.23. The summed E-state index contributed by atoms with van der Waals surface area (Å²) in [5, 5.41) is 24.0. The van der Waals surface area contributed by atoms with Gasteiger partial charge in [-0.3, -0.25) is 14.9 Å². The molecule has 0 spiro atoms. The number of unbranched alkanes of at least 4 members (excludes halogenated alkanes) is 1. The summed E-state index contributed by atoms with van der Waals surface area (Å²) in [7, 11) is 0. The van der Waals surface area contributed by atoms with Crippen molar-refractivity contribution < 1.29 is 19.7 Å². The first-order valence-electron chi connectivity index (χ1n) is 8.29. The van der Waals surface area contributed by atoms with Crippen molar-refractivity contribution >= 4 is 17.2 Å². The van der Waals surface area contributed by atoms with Crippen LogP contribution in [-0.2, 0) is 0 Å². The molecule has 0 heterocycles. The summed E-state index contributed by atoms with van der Waals surface area (Å²) in [4.78, 5) is 27.9. The van der Waals surface area contributed by atoms with Gasteiger partial charge < -0.3 is 9.94 Å². The van der Waals surface area contributed by atoms with E-state index in [-0.39, 0.29) is 23.6 Å². The number of aromatic hydroxyl groups is 1. The second-order valence-corrected chi connectivity index (χ2v) is 5.75. The van der Waals surface area contributed by atoms with Gasteiger partial charge in [0.2, 0.25) is 0 Å². The number of non-ortho nitro benzene ring substituents is 1. The molecule has 0 amide bonds. The third-order valence-corrected chi connectivity index (χ3v) is 3.70. The van der Waals surface area contributed by atoms with Gasteiger partial charge in [-0.15, -0.1) is 0 Å². The number of ketones is 1. The molecule has 136 valence electrons. The van der Waals surface area contributed by atoms with Gasteiger partial charge in [-0.25, -0.2) is 0 Å². The lowest BCUT2D eigenvalue weighted by Gasteiger charge is -2.06. The molecule has 0 unspecified atom stereocenters. The van der Waals surface area contributed by atoms with E-state index in [1.54, 1.807) is 12.1 Å². The molecule has 2 aromatic carbocycles. The van der Waals surface area contributed by atoms with Crippen LogP contribution in [0.25, 0.3) is 0 Å². The molecule has 0 aromatic heterocycles. The van der Waals surface area contributed by atoms with E-state index >= 15 is 0 Å². The van der Waals surface area contributed by atoms with Crippen molar-refractivity contribution in [3.63, 3.8) is 0 Å². The maximum Gasteiger partial charge on any atom is 0.269 e. The minimum absolute atomic E-state index is 0.0324. The Balaban J connectivity index is 2.07. The van der Waals surface area contributed by atoms with Crippen molar-refractivity contribution in [2.45, 2.75) is 32.6 Å². The monoisotopic (exact) mass is 356 g/mol. The van der Waals surface area contributed by atoms with Gasteiger partial charge in [-0.2, -0.15) is 0 Å². The molecule has 1 N–H and O–H groups in total. The number of nitro benzene ring substituents is 1. The lowest BCUT2D eigenvalue weighted by Crippen LogP contribution is -2.10. The summed E-state index contributed by atoms with van der Waals surface area (Å²) < 4.78 is 0. The first-order valence-corrected chi connectivity index (χ1v) is 8.29. The molecule has 26 heavy (non-hydrogen) atoms. The average Bonchev–Trinajstić information content (AvgIpc) is 2.64. The van der Waals surface area contributed by atoms with E-state index in [9.17, 15) is 20.0 Å². The molecule has 0 radical (unpaired) electrons. The van der Waals surface area contributed by atoms with Gasteiger partial charge in [0.25, 0.3) is 5.69 Å². The van der Waals surface area contributed by atoms with Crippen molar-refractivity contribution in [3.05, 3.63) is 64.2 Å². The number of rotatable bonds is 9. The Kier molecular flexibility index (Phi) is 6.84. The number of hydrogen-bond donors (Lipinski definition) is 1. The number of phenolic OH excluding ortho intramolecular Hbond substituents is 1. The average molecular weight is 356 g/mol. The Morgan fingerprint density at radius 3 is 2.38 bits per heavy atom. The second kappa shape index (κ2) is 9.31. The molecule has 2 aromatic rings. The molecular weight excluding hydrogens is 336 g/mol. The highest BCUT2D eigenvalue weighted by Crippen LogP contribution is 2.18. The van der Waals surface area contributed by atoms with Crippen LogP contribution in [0, 0.1) is 10.1 Å². The zero-order valence-electron chi connectivity index (χ0n) is 14.4. The minimum Gasteiger partial charge on any atom is -0.508 e. The molecule has 0 bridgehead atoms. The van der Waals surface area contributed by atoms with Gasteiger partial charge >= 0.3 is 0 Å². The molecular formula is C19H20N2O5. The van der Waals surface area contributed by atoms with Gasteiger partial charge in [0, 0.05) is 17.7 Å². The Morgan fingerprint density at radius 1 is 1.15 bits per heavy atom. The topological polar surface area (TPSA) is 102 Å². The molecule has 7 nitrogen and oxygen atoms in total. The third-order valence-electron chi connectivity index (χ3n) is 3.70. The van der Waals surface area contributed by atoms with Crippen LogP contribution in [0.2, 0.25) is 0 Å². The maximum atomic E-state index is 12.4. The van der Waals surface area contributed by atoms with Crippen LogP contribution < -0.4 is 4.84 Å². The SMILES string of the molecule is CCCC/C(CC(=O)c1ccc(O)cc1)=N/Oc1ccc([N+](=O)[O-])cc1. The number of phenols is 1. The van der Waals surface area contributed by atoms with Crippen LogP contribution in [0.15, 0.2) is 53.7 Å². The number of nitro groups is 1. The largest absolute Gasteiger partial charge is 0.508 e. The van der Waals surface area contributed by atoms with Crippen LogP contribution in [0.4, 0.5) is 5.69 Å². The summed E-state index contributed by atoms with van der Waals surface area (Å²) in [6.45, 7) is 2.04. The first-order chi connectivity index (χ1) is 12.5. The molecule has 2 rings (SSSR count). The van der Waals surface area contributed by atoms with Crippen molar-refractivity contribution in [1.82, 2.24) is 0 Å². The molecule has 0 atom stereocenters. The normalized spacial score (nSPS) is 11.2. The van der Waals surface area contributed by atoms with Gasteiger partial charge in [-0.05, 0) is 49.2 Å². The predicted octanol–water partition coefficient (Wildman–Crippen LogP) is 4.50. The number of hydrogen-bond acceptors (Lipinski definition) is 6. The van der Waals surface area contributed by atoms with E-state index in [1.165, 1.54) is 36.4 Å². The lowest BCUT2D eigenvalue weighted by molar-refractivity contribution is -0.384. The van der Waals surface area contributed by atoms with Crippen molar-refractivity contribution in [2.24, 2.45) is 5.16 Å². The fraction of sp³-hybridized carbons (Fsp3) is 0.263. The maximum absolute atomic E-state index is 12.4. The summed E-state index contributed by atoms with van der Waals surface area (Å²) in [5.41, 5.74) is 1.06. The molecule has 0 aliphatic rings. The fourth-order valence-corrected chi connectivity index (χ4v) is 2.23. The highest BCUT2D eigenvalue weighted by Gasteiger charge is 2.12. The van der Waals surface area contributed by atoms with E-state index in [2.05, 4.69) is 5.16 Å². The number of Topliss-reactive ketones (excluding diaryl/α,β-unsaturated/α-hetero) is 1. The van der Waals surface area contributed by atoms with Gasteiger partial charge in [0.15, 0.2) is 11.5 Å². The number of oxime groups is 1. The number of carbonyl (C=O) groups excluding carboxylic acids is 1. The summed E-state index contributed by atoms with van der Waals surface area (Å²) in [6.07, 6.45) is 2.54. The smallest absolute Gasteiger partial charge is 0.269 e. The molecule has 0 saturated heterocycles. The van der Waals surface area contributed by atoms with Crippen LogP contribution in [0.3, 0.4) is 0 Å². The Bertz CT molecular complexity index is 783. The van der Waals surface area contributed by atoms with Crippen molar-refractivity contribution in [1.29, 1.82) is 0 Å². The Hall–Kier alpha value is -3.22. The summed E-state index contributed by atoms with van der Waals surface area (Å²) in [5.74, 6) is 0.344. The molecule has 0 aliphatic carbocycles. The minimum atomic E-state index is -0.490. The molecule has 7 heteroatoms. The molecule has 0 saturated carbocycles.